The van der Waals surface area contributed by atoms with Gasteiger partial charge in [0.25, 0.3) is 0 Å². The maximum atomic E-state index is 11.5. The number of amides is 1. The van der Waals surface area contributed by atoms with Gasteiger partial charge in [0.05, 0.1) is 12.7 Å². The number of carbonyl (C=O) groups is 1. The molecule has 0 saturated carbocycles. The minimum Gasteiger partial charge on any atom is -0.445 e. The van der Waals surface area contributed by atoms with E-state index >= 15 is 0 Å². The zero-order valence-electron chi connectivity index (χ0n) is 13.9. The first-order chi connectivity index (χ1) is 9.57. The molecule has 0 bridgehead atoms. The van der Waals surface area contributed by atoms with Gasteiger partial charge in [0.15, 0.2) is 0 Å². The third-order valence-electron chi connectivity index (χ3n) is 2.81. The van der Waals surface area contributed by atoms with Gasteiger partial charge in [0, 0.05) is 12.1 Å². The molecule has 1 rings (SSSR count). The van der Waals surface area contributed by atoms with Gasteiger partial charge in [-0.05, 0) is 48.0 Å². The highest BCUT2D eigenvalue weighted by Gasteiger charge is 2.20. The SMILES string of the molecule is Cc1cnc(CNC(C)(C)CCNC(=O)OC(C)(C)C)o1. The van der Waals surface area contributed by atoms with Crippen LogP contribution in [0.1, 0.15) is 52.7 Å². The summed E-state index contributed by atoms with van der Waals surface area (Å²) in [5.74, 6) is 1.47. The summed E-state index contributed by atoms with van der Waals surface area (Å²) in [6.45, 7) is 12.6. The van der Waals surface area contributed by atoms with Gasteiger partial charge in [-0.3, -0.25) is 0 Å². The molecule has 1 amide bonds. The number of nitrogens with one attached hydrogen (secondary N) is 2. The molecule has 1 aromatic rings. The van der Waals surface area contributed by atoms with E-state index < -0.39 is 5.60 Å². The summed E-state index contributed by atoms with van der Waals surface area (Å²) in [5.41, 5.74) is -0.613. The van der Waals surface area contributed by atoms with Crippen molar-refractivity contribution < 1.29 is 13.9 Å². The highest BCUT2D eigenvalue weighted by Crippen LogP contribution is 2.10. The zero-order chi connectivity index (χ0) is 16.1. The van der Waals surface area contributed by atoms with Crippen molar-refractivity contribution in [2.24, 2.45) is 0 Å². The summed E-state index contributed by atoms with van der Waals surface area (Å²) < 4.78 is 10.6. The molecule has 0 fully saturated rings. The van der Waals surface area contributed by atoms with Crippen molar-refractivity contribution in [2.75, 3.05) is 6.54 Å². The molecule has 0 radical (unpaired) electrons. The number of hydrogen-bond acceptors (Lipinski definition) is 5. The topological polar surface area (TPSA) is 76.4 Å². The van der Waals surface area contributed by atoms with Crippen LogP contribution < -0.4 is 10.6 Å². The molecule has 6 heteroatoms. The number of carbonyl (C=O) groups excluding carboxylic acids is 1. The molecule has 21 heavy (non-hydrogen) atoms. The smallest absolute Gasteiger partial charge is 0.407 e. The van der Waals surface area contributed by atoms with E-state index in [1.165, 1.54) is 0 Å². The van der Waals surface area contributed by atoms with Gasteiger partial charge < -0.3 is 19.8 Å². The summed E-state index contributed by atoms with van der Waals surface area (Å²) in [4.78, 5) is 15.7. The lowest BCUT2D eigenvalue weighted by molar-refractivity contribution is 0.0524. The van der Waals surface area contributed by atoms with Crippen LogP contribution in [0.3, 0.4) is 0 Å². The van der Waals surface area contributed by atoms with Crippen LogP contribution in [0, 0.1) is 6.92 Å². The lowest BCUT2D eigenvalue weighted by Gasteiger charge is -2.26. The Labute approximate surface area is 126 Å². The molecule has 1 aromatic heterocycles. The minimum atomic E-state index is -0.472. The van der Waals surface area contributed by atoms with Crippen molar-refractivity contribution in [3.8, 4) is 0 Å². The van der Waals surface area contributed by atoms with E-state index in [1.54, 1.807) is 6.20 Å². The number of nitrogens with zero attached hydrogens (tertiary/aromatic N) is 1. The number of aromatic nitrogens is 1. The molecule has 6 nitrogen and oxygen atoms in total. The minimum absolute atomic E-state index is 0.141. The molecule has 0 spiro atoms. The molecular formula is C15H27N3O3. The first kappa shape index (κ1) is 17.5. The highest BCUT2D eigenvalue weighted by molar-refractivity contribution is 5.67. The lowest BCUT2D eigenvalue weighted by atomic mass is 10.0. The predicted octanol–water partition coefficient (Wildman–Crippen LogP) is 2.77. The second kappa shape index (κ2) is 6.93. The Kier molecular flexibility index (Phi) is 5.78. The monoisotopic (exact) mass is 297 g/mol. The Morgan fingerprint density at radius 3 is 2.52 bits per heavy atom. The quantitative estimate of drug-likeness (QED) is 0.844. The summed E-state index contributed by atoms with van der Waals surface area (Å²) in [5, 5.41) is 6.12. The van der Waals surface area contributed by atoms with Crippen molar-refractivity contribution in [3.63, 3.8) is 0 Å². The fourth-order valence-electron chi connectivity index (χ4n) is 1.68. The summed E-state index contributed by atoms with van der Waals surface area (Å²) in [6.07, 6.45) is 2.08. The van der Waals surface area contributed by atoms with Crippen LogP contribution in [0.25, 0.3) is 0 Å². The number of rotatable bonds is 6. The normalized spacial score (nSPS) is 12.3. The molecule has 2 N–H and O–H groups in total. The summed E-state index contributed by atoms with van der Waals surface area (Å²) in [7, 11) is 0. The van der Waals surface area contributed by atoms with E-state index in [-0.39, 0.29) is 11.6 Å². The molecule has 0 atom stereocenters. The molecule has 120 valence electrons. The Morgan fingerprint density at radius 1 is 1.33 bits per heavy atom. The Bertz CT molecular complexity index is 461. The van der Waals surface area contributed by atoms with E-state index in [0.29, 0.717) is 19.0 Å². The van der Waals surface area contributed by atoms with Gasteiger partial charge in [-0.25, -0.2) is 9.78 Å². The van der Waals surface area contributed by atoms with E-state index in [9.17, 15) is 4.79 Å². The van der Waals surface area contributed by atoms with Crippen molar-refractivity contribution in [1.29, 1.82) is 0 Å². The zero-order valence-corrected chi connectivity index (χ0v) is 13.9. The molecule has 0 aromatic carbocycles. The van der Waals surface area contributed by atoms with E-state index in [1.807, 2.05) is 27.7 Å². The van der Waals surface area contributed by atoms with Gasteiger partial charge in [0.1, 0.15) is 11.4 Å². The van der Waals surface area contributed by atoms with Crippen molar-refractivity contribution in [1.82, 2.24) is 15.6 Å². The third-order valence-corrected chi connectivity index (χ3v) is 2.81. The van der Waals surface area contributed by atoms with Crippen LogP contribution in [0.4, 0.5) is 4.79 Å². The second-order valence-corrected chi connectivity index (χ2v) is 6.78. The fraction of sp³-hybridized carbons (Fsp3) is 0.733. The van der Waals surface area contributed by atoms with Gasteiger partial charge in [0.2, 0.25) is 5.89 Å². The highest BCUT2D eigenvalue weighted by atomic mass is 16.6. The van der Waals surface area contributed by atoms with Crippen molar-refractivity contribution in [3.05, 3.63) is 17.8 Å². The van der Waals surface area contributed by atoms with E-state index in [2.05, 4.69) is 29.5 Å². The van der Waals surface area contributed by atoms with Crippen molar-refractivity contribution in [2.45, 2.75) is 65.6 Å². The maximum Gasteiger partial charge on any atom is 0.407 e. The molecule has 1 heterocycles. The third kappa shape index (κ3) is 7.70. The number of hydrogen-bond donors (Lipinski definition) is 2. The first-order valence-electron chi connectivity index (χ1n) is 7.21. The maximum absolute atomic E-state index is 11.5. The van der Waals surface area contributed by atoms with Gasteiger partial charge >= 0.3 is 6.09 Å². The Morgan fingerprint density at radius 2 is 2.00 bits per heavy atom. The number of aryl methyl sites for hydroxylation is 1. The van der Waals surface area contributed by atoms with Crippen LogP contribution in [-0.4, -0.2) is 28.8 Å². The second-order valence-electron chi connectivity index (χ2n) is 6.78. The molecule has 0 unspecified atom stereocenters. The van der Waals surface area contributed by atoms with Gasteiger partial charge in [-0.1, -0.05) is 0 Å². The fourth-order valence-corrected chi connectivity index (χ4v) is 1.68. The number of oxazole rings is 1. The first-order valence-corrected chi connectivity index (χ1v) is 7.21. The summed E-state index contributed by atoms with van der Waals surface area (Å²) >= 11 is 0. The number of alkyl carbamates (subject to hydrolysis) is 1. The standard InChI is InChI=1S/C15H27N3O3/c1-11-9-17-12(20-11)10-18-15(5,6)7-8-16-13(19)21-14(2,3)4/h9,18H,7-8,10H2,1-6H3,(H,16,19). The predicted molar refractivity (Wildman–Crippen MR) is 81.0 cm³/mol. The van der Waals surface area contributed by atoms with Gasteiger partial charge in [-0.15, -0.1) is 0 Å². The molecular weight excluding hydrogens is 270 g/mol. The molecule has 0 aliphatic rings. The lowest BCUT2D eigenvalue weighted by Crippen LogP contribution is -2.42. The van der Waals surface area contributed by atoms with Crippen LogP contribution in [0.2, 0.25) is 0 Å². The van der Waals surface area contributed by atoms with Crippen LogP contribution in [0.5, 0.6) is 0 Å². The van der Waals surface area contributed by atoms with E-state index in [4.69, 9.17) is 9.15 Å². The van der Waals surface area contributed by atoms with Crippen LogP contribution in [0.15, 0.2) is 10.6 Å². The molecule has 0 aliphatic carbocycles. The van der Waals surface area contributed by atoms with Crippen molar-refractivity contribution >= 4 is 6.09 Å². The molecule has 0 saturated heterocycles. The average molecular weight is 297 g/mol. The number of ether oxygens (including phenoxy) is 1. The Balaban J connectivity index is 2.27. The largest absolute Gasteiger partial charge is 0.445 e. The van der Waals surface area contributed by atoms with Crippen LogP contribution in [-0.2, 0) is 11.3 Å². The Hall–Kier alpha value is -1.56. The average Bonchev–Trinajstić information content (AvgIpc) is 2.70. The van der Waals surface area contributed by atoms with Crippen LogP contribution >= 0.6 is 0 Å². The summed E-state index contributed by atoms with van der Waals surface area (Å²) in [6, 6.07) is 0. The van der Waals surface area contributed by atoms with Gasteiger partial charge in [-0.2, -0.15) is 0 Å². The molecule has 0 aliphatic heterocycles. The van der Waals surface area contributed by atoms with E-state index in [0.717, 1.165) is 12.2 Å².